The third-order valence-corrected chi connectivity index (χ3v) is 2.68. The van der Waals surface area contributed by atoms with E-state index in [1.165, 1.54) is 0 Å². The van der Waals surface area contributed by atoms with Crippen molar-refractivity contribution >= 4 is 5.91 Å². The molecule has 1 heterocycles. The van der Waals surface area contributed by atoms with Crippen LogP contribution in [0.5, 0.6) is 0 Å². The number of carbonyl (C=O) groups is 1. The first-order valence-electron chi connectivity index (χ1n) is 5.55. The molecule has 3 nitrogen and oxygen atoms in total. The second-order valence-electron chi connectivity index (χ2n) is 4.57. The number of piperidine rings is 1. The van der Waals surface area contributed by atoms with Crippen LogP contribution in [-0.4, -0.2) is 35.1 Å². The van der Waals surface area contributed by atoms with Gasteiger partial charge in [-0.15, -0.1) is 0 Å². The number of β-amino-alcohol motifs (C(OH)–C–C–N with tert-alkyl or cyclic N) is 1. The fourth-order valence-corrected chi connectivity index (χ4v) is 1.75. The molecule has 0 aromatic carbocycles. The van der Waals surface area contributed by atoms with E-state index in [1.807, 2.05) is 0 Å². The van der Waals surface area contributed by atoms with Gasteiger partial charge in [0, 0.05) is 19.5 Å². The molecule has 1 atom stereocenters. The largest absolute Gasteiger partial charge is 0.391 e. The smallest absolute Gasteiger partial charge is 0.222 e. The third-order valence-electron chi connectivity index (χ3n) is 2.68. The second-order valence-corrected chi connectivity index (χ2v) is 4.57. The van der Waals surface area contributed by atoms with E-state index in [0.717, 1.165) is 25.8 Å². The molecule has 14 heavy (non-hydrogen) atoms. The Balaban J connectivity index is 2.29. The Kier molecular flexibility index (Phi) is 4.39. The van der Waals surface area contributed by atoms with Gasteiger partial charge in [-0.25, -0.2) is 0 Å². The molecule has 0 bridgehead atoms. The zero-order valence-electron chi connectivity index (χ0n) is 9.20. The van der Waals surface area contributed by atoms with Gasteiger partial charge in [-0.05, 0) is 25.2 Å². The number of aliphatic hydroxyl groups excluding tert-OH is 1. The summed E-state index contributed by atoms with van der Waals surface area (Å²) in [4.78, 5) is 13.5. The molecule has 0 spiro atoms. The maximum atomic E-state index is 11.7. The molecule has 0 aromatic rings. The Morgan fingerprint density at radius 2 is 2.29 bits per heavy atom. The van der Waals surface area contributed by atoms with Gasteiger partial charge in [-0.3, -0.25) is 4.79 Å². The van der Waals surface area contributed by atoms with Crippen molar-refractivity contribution in [3.8, 4) is 0 Å². The molecule has 1 N–H and O–H groups in total. The summed E-state index contributed by atoms with van der Waals surface area (Å²) in [7, 11) is 0. The fourth-order valence-electron chi connectivity index (χ4n) is 1.75. The Hall–Kier alpha value is -0.570. The van der Waals surface area contributed by atoms with E-state index < -0.39 is 0 Å². The maximum Gasteiger partial charge on any atom is 0.222 e. The van der Waals surface area contributed by atoms with Gasteiger partial charge in [0.15, 0.2) is 0 Å². The predicted octanol–water partition coefficient (Wildman–Crippen LogP) is 1.41. The lowest BCUT2D eigenvalue weighted by atomic mass is 10.1. The van der Waals surface area contributed by atoms with Gasteiger partial charge in [0.25, 0.3) is 0 Å². The summed E-state index contributed by atoms with van der Waals surface area (Å²) in [6, 6.07) is 0. The minimum absolute atomic E-state index is 0.206. The fraction of sp³-hybridized carbons (Fsp3) is 0.909. The lowest BCUT2D eigenvalue weighted by Crippen LogP contribution is -2.42. The number of nitrogens with zero attached hydrogens (tertiary/aromatic N) is 1. The second kappa shape index (κ2) is 5.35. The van der Waals surface area contributed by atoms with Crippen LogP contribution in [0.15, 0.2) is 0 Å². The topological polar surface area (TPSA) is 40.5 Å². The van der Waals surface area contributed by atoms with Crippen LogP contribution >= 0.6 is 0 Å². The van der Waals surface area contributed by atoms with Crippen LogP contribution in [0.4, 0.5) is 0 Å². The molecule has 1 fully saturated rings. The van der Waals surface area contributed by atoms with Crippen LogP contribution in [0.1, 0.15) is 39.5 Å². The number of aliphatic hydroxyl groups is 1. The van der Waals surface area contributed by atoms with Crippen LogP contribution in [0.25, 0.3) is 0 Å². The van der Waals surface area contributed by atoms with Crippen molar-refractivity contribution < 1.29 is 9.90 Å². The van der Waals surface area contributed by atoms with Crippen molar-refractivity contribution in [2.45, 2.75) is 45.6 Å². The summed E-state index contributed by atoms with van der Waals surface area (Å²) >= 11 is 0. The molecule has 0 unspecified atom stereocenters. The van der Waals surface area contributed by atoms with Crippen molar-refractivity contribution in [1.29, 1.82) is 0 Å². The quantitative estimate of drug-likeness (QED) is 0.746. The summed E-state index contributed by atoms with van der Waals surface area (Å²) in [6.07, 6.45) is 3.06. The van der Waals surface area contributed by atoms with E-state index in [0.29, 0.717) is 18.9 Å². The molecule has 0 aliphatic carbocycles. The molecule has 0 saturated carbocycles. The minimum Gasteiger partial charge on any atom is -0.391 e. The normalized spacial score (nSPS) is 22.9. The first-order valence-corrected chi connectivity index (χ1v) is 5.55. The van der Waals surface area contributed by atoms with Gasteiger partial charge < -0.3 is 10.0 Å². The Bertz CT molecular complexity index is 192. The number of rotatable bonds is 3. The number of carbonyl (C=O) groups excluding carboxylic acids is 1. The number of amides is 1. The minimum atomic E-state index is -0.299. The molecule has 3 heteroatoms. The summed E-state index contributed by atoms with van der Waals surface area (Å²) in [5, 5.41) is 9.41. The van der Waals surface area contributed by atoms with Crippen molar-refractivity contribution in [3.63, 3.8) is 0 Å². The molecule has 0 radical (unpaired) electrons. The summed E-state index contributed by atoms with van der Waals surface area (Å²) in [5.41, 5.74) is 0. The number of hydrogen-bond donors (Lipinski definition) is 1. The highest BCUT2D eigenvalue weighted by molar-refractivity contribution is 5.76. The molecular weight excluding hydrogens is 178 g/mol. The predicted molar refractivity (Wildman–Crippen MR) is 55.9 cm³/mol. The van der Waals surface area contributed by atoms with E-state index >= 15 is 0 Å². The monoisotopic (exact) mass is 199 g/mol. The van der Waals surface area contributed by atoms with Crippen molar-refractivity contribution in [2.75, 3.05) is 13.1 Å². The zero-order chi connectivity index (χ0) is 10.6. The Labute approximate surface area is 86.1 Å². The third kappa shape index (κ3) is 3.66. The average Bonchev–Trinajstić information content (AvgIpc) is 2.14. The molecule has 1 aliphatic heterocycles. The highest BCUT2D eigenvalue weighted by atomic mass is 16.3. The average molecular weight is 199 g/mol. The molecule has 1 aliphatic rings. The zero-order valence-corrected chi connectivity index (χ0v) is 9.20. The van der Waals surface area contributed by atoms with E-state index in [9.17, 15) is 9.90 Å². The number of likely N-dealkylation sites (tertiary alicyclic amines) is 1. The van der Waals surface area contributed by atoms with Crippen LogP contribution in [0.2, 0.25) is 0 Å². The highest BCUT2D eigenvalue weighted by Gasteiger charge is 2.21. The van der Waals surface area contributed by atoms with Gasteiger partial charge in [-0.2, -0.15) is 0 Å². The van der Waals surface area contributed by atoms with Crippen LogP contribution < -0.4 is 0 Å². The van der Waals surface area contributed by atoms with Crippen molar-refractivity contribution in [1.82, 2.24) is 4.90 Å². The molecule has 0 aromatic heterocycles. The van der Waals surface area contributed by atoms with Crippen molar-refractivity contribution in [2.24, 2.45) is 5.92 Å². The van der Waals surface area contributed by atoms with E-state index in [1.54, 1.807) is 4.90 Å². The Morgan fingerprint density at radius 1 is 1.57 bits per heavy atom. The lowest BCUT2D eigenvalue weighted by Gasteiger charge is -2.30. The summed E-state index contributed by atoms with van der Waals surface area (Å²) in [5.74, 6) is 0.783. The van der Waals surface area contributed by atoms with E-state index in [-0.39, 0.29) is 12.0 Å². The van der Waals surface area contributed by atoms with Crippen LogP contribution in [0.3, 0.4) is 0 Å². The maximum absolute atomic E-state index is 11.7. The highest BCUT2D eigenvalue weighted by Crippen LogP contribution is 2.13. The van der Waals surface area contributed by atoms with Crippen molar-refractivity contribution in [3.05, 3.63) is 0 Å². The Morgan fingerprint density at radius 3 is 2.86 bits per heavy atom. The molecule has 1 amide bonds. The van der Waals surface area contributed by atoms with Gasteiger partial charge in [0.1, 0.15) is 0 Å². The lowest BCUT2D eigenvalue weighted by molar-refractivity contribution is -0.134. The molecular formula is C11H21NO2. The van der Waals surface area contributed by atoms with E-state index in [2.05, 4.69) is 13.8 Å². The molecule has 1 rings (SSSR count). The van der Waals surface area contributed by atoms with Gasteiger partial charge in [0.2, 0.25) is 5.91 Å². The van der Waals surface area contributed by atoms with Crippen LogP contribution in [0, 0.1) is 5.92 Å². The van der Waals surface area contributed by atoms with E-state index in [4.69, 9.17) is 0 Å². The summed E-state index contributed by atoms with van der Waals surface area (Å²) < 4.78 is 0. The first kappa shape index (κ1) is 11.5. The number of hydrogen-bond acceptors (Lipinski definition) is 2. The van der Waals surface area contributed by atoms with Crippen LogP contribution in [-0.2, 0) is 4.79 Å². The molecule has 1 saturated heterocycles. The standard InChI is InChI=1S/C11H21NO2/c1-9(2)5-6-11(14)12-7-3-4-10(13)8-12/h9-10,13H,3-8H2,1-2H3/t10-/m0/s1. The first-order chi connectivity index (χ1) is 6.59. The summed E-state index contributed by atoms with van der Waals surface area (Å²) in [6.45, 7) is 5.61. The molecule has 82 valence electrons. The SMILES string of the molecule is CC(C)CCC(=O)N1CCC[C@H](O)C1. The van der Waals surface area contributed by atoms with Gasteiger partial charge >= 0.3 is 0 Å². The van der Waals surface area contributed by atoms with Gasteiger partial charge in [-0.1, -0.05) is 13.8 Å². The van der Waals surface area contributed by atoms with Gasteiger partial charge in [0.05, 0.1) is 6.10 Å².